The Kier molecular flexibility index (Phi) is 4.43. The van der Waals surface area contributed by atoms with E-state index in [-0.39, 0.29) is 6.61 Å². The van der Waals surface area contributed by atoms with E-state index in [1.807, 2.05) is 19.1 Å². The fraction of sp³-hybridized carbons (Fsp3) is 0.238. The third-order valence-electron chi connectivity index (χ3n) is 4.72. The lowest BCUT2D eigenvalue weighted by Gasteiger charge is -2.13. The average molecular weight is 377 g/mol. The lowest BCUT2D eigenvalue weighted by Crippen LogP contribution is -2.09. The second-order valence-electron chi connectivity index (χ2n) is 7.04. The highest BCUT2D eigenvalue weighted by molar-refractivity contribution is 5.89. The van der Waals surface area contributed by atoms with Crippen molar-refractivity contribution in [3.05, 3.63) is 75.5 Å². The molecule has 1 aromatic carbocycles. The van der Waals surface area contributed by atoms with Crippen molar-refractivity contribution in [1.82, 2.24) is 14.6 Å². The number of hydrogen-bond donors (Lipinski definition) is 0. The lowest BCUT2D eigenvalue weighted by atomic mass is 9.95. The Morgan fingerprint density at radius 3 is 2.86 bits per heavy atom. The van der Waals surface area contributed by atoms with Crippen LogP contribution in [0.5, 0.6) is 0 Å². The Hall–Kier alpha value is -3.48. The molecule has 0 saturated carbocycles. The van der Waals surface area contributed by atoms with Gasteiger partial charge >= 0.3 is 11.6 Å². The fourth-order valence-electron chi connectivity index (χ4n) is 3.31. The van der Waals surface area contributed by atoms with E-state index in [1.165, 1.54) is 12.4 Å². The molecule has 7 nitrogen and oxygen atoms in total. The second-order valence-corrected chi connectivity index (χ2v) is 7.04. The van der Waals surface area contributed by atoms with Crippen LogP contribution in [0.4, 0.5) is 0 Å². The molecule has 142 valence electrons. The molecule has 3 aromatic heterocycles. The third kappa shape index (κ3) is 3.26. The number of carbonyl (C=O) groups excluding carboxylic acids is 1. The molecule has 0 atom stereocenters. The number of ether oxygens (including phenoxy) is 1. The minimum atomic E-state index is -0.492. The van der Waals surface area contributed by atoms with Gasteiger partial charge in [0.25, 0.3) is 0 Å². The van der Waals surface area contributed by atoms with Gasteiger partial charge in [0.1, 0.15) is 18.5 Å². The van der Waals surface area contributed by atoms with Gasteiger partial charge in [-0.05, 0) is 48.2 Å². The van der Waals surface area contributed by atoms with Crippen LogP contribution in [0, 0.1) is 6.92 Å². The van der Waals surface area contributed by atoms with Gasteiger partial charge in [0.2, 0.25) is 0 Å². The number of hydrogen-bond acceptors (Lipinski definition) is 6. The quantitative estimate of drug-likeness (QED) is 0.399. The number of rotatable bonds is 4. The summed E-state index contributed by atoms with van der Waals surface area (Å²) in [6, 6.07) is 8.55. The summed E-state index contributed by atoms with van der Waals surface area (Å²) < 4.78 is 12.4. The predicted molar refractivity (Wildman–Crippen MR) is 103 cm³/mol. The summed E-state index contributed by atoms with van der Waals surface area (Å²) in [5, 5.41) is 8.46. The Morgan fingerprint density at radius 1 is 1.25 bits per heavy atom. The Balaban J connectivity index is 1.65. The molecule has 7 heteroatoms. The smallest absolute Gasteiger partial charge is 0.339 e. The van der Waals surface area contributed by atoms with Crippen LogP contribution in [0.25, 0.3) is 16.6 Å². The van der Waals surface area contributed by atoms with Crippen molar-refractivity contribution in [3.8, 4) is 0 Å². The van der Waals surface area contributed by atoms with Crippen molar-refractivity contribution in [2.75, 3.05) is 0 Å². The Morgan fingerprint density at radius 2 is 2.07 bits per heavy atom. The maximum Gasteiger partial charge on any atom is 0.339 e. The number of benzene rings is 1. The number of fused-ring (bicyclic) bond motifs is 2. The number of pyridine rings is 1. The van der Waals surface area contributed by atoms with Crippen LogP contribution in [0.15, 0.2) is 52.1 Å². The molecular formula is C21H19N3O4. The van der Waals surface area contributed by atoms with Crippen LogP contribution in [0.2, 0.25) is 0 Å². The van der Waals surface area contributed by atoms with Gasteiger partial charge in [-0.3, -0.25) is 4.40 Å². The molecule has 0 amide bonds. The number of aromatic nitrogens is 3. The minimum Gasteiger partial charge on any atom is -0.457 e. The maximum absolute atomic E-state index is 12.5. The number of esters is 1. The normalized spacial score (nSPS) is 11.4. The first-order valence-corrected chi connectivity index (χ1v) is 8.96. The molecular weight excluding hydrogens is 358 g/mol. The van der Waals surface area contributed by atoms with Crippen LogP contribution in [-0.2, 0) is 11.3 Å². The van der Waals surface area contributed by atoms with Gasteiger partial charge in [-0.2, -0.15) is 0 Å². The minimum absolute atomic E-state index is 0.0260. The second kappa shape index (κ2) is 6.92. The molecule has 0 radical (unpaired) electrons. The van der Waals surface area contributed by atoms with E-state index >= 15 is 0 Å². The van der Waals surface area contributed by atoms with E-state index in [0.29, 0.717) is 28.3 Å². The molecule has 0 bridgehead atoms. The van der Waals surface area contributed by atoms with Gasteiger partial charge in [-0.1, -0.05) is 13.8 Å². The topological polar surface area (TPSA) is 86.7 Å². The van der Waals surface area contributed by atoms with Crippen LogP contribution in [0.1, 0.15) is 46.8 Å². The van der Waals surface area contributed by atoms with Gasteiger partial charge in [0.05, 0.1) is 5.56 Å². The van der Waals surface area contributed by atoms with Crippen molar-refractivity contribution in [3.63, 3.8) is 0 Å². The molecule has 0 aliphatic rings. The zero-order valence-electron chi connectivity index (χ0n) is 15.8. The first-order chi connectivity index (χ1) is 13.4. The van der Waals surface area contributed by atoms with Crippen LogP contribution in [-0.4, -0.2) is 20.6 Å². The summed E-state index contributed by atoms with van der Waals surface area (Å²) >= 11 is 0. The zero-order chi connectivity index (χ0) is 19.8. The largest absolute Gasteiger partial charge is 0.457 e. The summed E-state index contributed by atoms with van der Waals surface area (Å²) in [6.45, 7) is 6.17. The molecule has 0 fully saturated rings. The highest BCUT2D eigenvalue weighted by Gasteiger charge is 2.14. The summed E-state index contributed by atoms with van der Waals surface area (Å²) in [6.07, 6.45) is 3.12. The van der Waals surface area contributed by atoms with Crippen molar-refractivity contribution < 1.29 is 13.9 Å². The fourth-order valence-corrected chi connectivity index (χ4v) is 3.31. The molecule has 4 aromatic rings. The highest BCUT2D eigenvalue weighted by Crippen LogP contribution is 2.27. The van der Waals surface area contributed by atoms with E-state index in [9.17, 15) is 9.59 Å². The van der Waals surface area contributed by atoms with Gasteiger partial charge in [0.15, 0.2) is 5.65 Å². The van der Waals surface area contributed by atoms with Crippen LogP contribution < -0.4 is 5.63 Å². The molecule has 3 heterocycles. The molecule has 4 rings (SSSR count). The summed E-state index contributed by atoms with van der Waals surface area (Å²) in [5.74, 6) is -0.171. The molecule has 0 aliphatic carbocycles. The number of nitrogens with zero attached hydrogens (tertiary/aromatic N) is 3. The highest BCUT2D eigenvalue weighted by atomic mass is 16.5. The van der Waals surface area contributed by atoms with E-state index in [1.54, 1.807) is 22.7 Å². The lowest BCUT2D eigenvalue weighted by molar-refractivity contribution is 0.0473. The molecule has 0 saturated heterocycles. The first kappa shape index (κ1) is 17.9. The predicted octanol–water partition coefficient (Wildman–Crippen LogP) is 3.62. The number of aryl methyl sites for hydroxylation is 1. The standard InChI is InChI=1S/C21H19N3O4/c1-12(2)16-8-17-15(7-20(25)28-18(17)6-13(16)3)10-27-21(26)14-4-5-19-23-22-11-24(19)9-14/h4-9,11-12H,10H2,1-3H3. The van der Waals surface area contributed by atoms with Crippen molar-refractivity contribution >= 4 is 22.6 Å². The van der Waals surface area contributed by atoms with Crippen LogP contribution in [0.3, 0.4) is 0 Å². The average Bonchev–Trinajstić information content (AvgIpc) is 3.12. The van der Waals surface area contributed by atoms with Gasteiger partial charge in [-0.15, -0.1) is 10.2 Å². The molecule has 0 unspecified atom stereocenters. The van der Waals surface area contributed by atoms with E-state index in [0.717, 1.165) is 16.5 Å². The molecule has 0 N–H and O–H groups in total. The van der Waals surface area contributed by atoms with E-state index < -0.39 is 11.6 Å². The van der Waals surface area contributed by atoms with E-state index in [2.05, 4.69) is 24.0 Å². The molecule has 0 spiro atoms. The Labute approximate surface area is 160 Å². The van der Waals surface area contributed by atoms with Crippen molar-refractivity contribution in [1.29, 1.82) is 0 Å². The zero-order valence-corrected chi connectivity index (χ0v) is 15.8. The summed E-state index contributed by atoms with van der Waals surface area (Å²) in [5.41, 5.74) is 3.87. The van der Waals surface area contributed by atoms with E-state index in [4.69, 9.17) is 9.15 Å². The SMILES string of the molecule is Cc1cc2oc(=O)cc(COC(=O)c3ccc4nncn4c3)c2cc1C(C)C. The molecule has 28 heavy (non-hydrogen) atoms. The number of carbonyl (C=O) groups is 1. The molecule has 0 aliphatic heterocycles. The Bertz CT molecular complexity index is 1250. The van der Waals surface area contributed by atoms with Gasteiger partial charge in [0, 0.05) is 23.2 Å². The first-order valence-electron chi connectivity index (χ1n) is 8.96. The maximum atomic E-state index is 12.5. The third-order valence-corrected chi connectivity index (χ3v) is 4.72. The monoisotopic (exact) mass is 377 g/mol. The van der Waals surface area contributed by atoms with Gasteiger partial charge < -0.3 is 9.15 Å². The summed E-state index contributed by atoms with van der Waals surface area (Å²) in [4.78, 5) is 24.4. The summed E-state index contributed by atoms with van der Waals surface area (Å²) in [7, 11) is 0. The van der Waals surface area contributed by atoms with Gasteiger partial charge in [-0.25, -0.2) is 9.59 Å². The van der Waals surface area contributed by atoms with Crippen LogP contribution >= 0.6 is 0 Å². The van der Waals surface area contributed by atoms with Crippen molar-refractivity contribution in [2.24, 2.45) is 0 Å². The van der Waals surface area contributed by atoms with Crippen molar-refractivity contribution in [2.45, 2.75) is 33.3 Å².